The van der Waals surface area contributed by atoms with Crippen LogP contribution in [0.4, 0.5) is 0 Å². The summed E-state index contributed by atoms with van der Waals surface area (Å²) < 4.78 is 0. The number of hydrogen-bond donors (Lipinski definition) is 0. The normalized spacial score (nSPS) is 10.2. The Morgan fingerprint density at radius 3 is 2.64 bits per heavy atom. The van der Waals surface area contributed by atoms with Gasteiger partial charge in [-0.1, -0.05) is 61.4 Å². The van der Waals surface area contributed by atoms with Gasteiger partial charge in [-0.2, -0.15) is 0 Å². The van der Waals surface area contributed by atoms with E-state index in [1.54, 1.807) is 0 Å². The maximum absolute atomic E-state index is 2.32. The van der Waals surface area contributed by atoms with Gasteiger partial charge in [-0.3, -0.25) is 0 Å². The quantitative estimate of drug-likeness (QED) is 0.490. The molecule has 1 aromatic carbocycles. The molecule has 0 saturated carbocycles. The van der Waals surface area contributed by atoms with E-state index in [0.717, 1.165) is 0 Å². The first-order valence-electron chi connectivity index (χ1n) is 5.66. The highest BCUT2D eigenvalue weighted by Crippen LogP contribution is 2.07. The Kier molecular flexibility index (Phi) is 4.79. The zero-order valence-electron chi connectivity index (χ0n) is 9.64. The van der Waals surface area contributed by atoms with Crippen molar-refractivity contribution in [3.8, 4) is 0 Å². The van der Waals surface area contributed by atoms with Gasteiger partial charge in [-0.05, 0) is 19.8 Å². The summed E-state index contributed by atoms with van der Waals surface area (Å²) >= 11 is 0. The number of hydrogen-bond acceptors (Lipinski definition) is 0. The number of benzene rings is 1. The number of rotatable bonds is 5. The van der Waals surface area contributed by atoms with E-state index in [9.17, 15) is 0 Å². The molecule has 0 nitrogen and oxygen atoms in total. The highest BCUT2D eigenvalue weighted by Gasteiger charge is 2.00. The lowest BCUT2D eigenvalue weighted by molar-refractivity contribution is 0.718. The maximum Gasteiger partial charge on any atom is 0.148 e. The lowest BCUT2D eigenvalue weighted by Gasteiger charge is -2.08. The van der Waals surface area contributed by atoms with Gasteiger partial charge in [0.2, 0.25) is 0 Å². The predicted molar refractivity (Wildman–Crippen MR) is 65.7 cm³/mol. The van der Waals surface area contributed by atoms with Crippen molar-refractivity contribution >= 4 is 12.7 Å². The zero-order chi connectivity index (χ0) is 10.4. The smallest absolute Gasteiger partial charge is 0.0872 e. The van der Waals surface area contributed by atoms with Crippen LogP contribution in [0.1, 0.15) is 37.3 Å². The molecular weight excluding hydrogens is 167 g/mol. The monoisotopic (exact) mass is 187 g/mol. The Hall–Kier alpha value is -0.715. The number of aryl methyl sites for hydroxylation is 2. The molecule has 14 heavy (non-hydrogen) atoms. The van der Waals surface area contributed by atoms with Crippen LogP contribution in [0.5, 0.6) is 0 Å². The van der Waals surface area contributed by atoms with E-state index in [1.165, 1.54) is 42.3 Å². The van der Waals surface area contributed by atoms with Crippen LogP contribution in [-0.2, 0) is 6.42 Å². The summed E-state index contributed by atoms with van der Waals surface area (Å²) in [7, 11) is 2.21. The van der Waals surface area contributed by atoms with Gasteiger partial charge >= 0.3 is 0 Å². The van der Waals surface area contributed by atoms with E-state index < -0.39 is 0 Å². The Balaban J connectivity index is 2.67. The molecule has 0 atom stereocenters. The lowest BCUT2D eigenvalue weighted by Crippen LogP contribution is -2.16. The number of unbranched alkanes of at least 4 members (excludes halogenated alkanes) is 2. The van der Waals surface area contributed by atoms with Gasteiger partial charge in [-0.25, -0.2) is 0 Å². The van der Waals surface area contributed by atoms with Gasteiger partial charge in [0.15, 0.2) is 0 Å². The summed E-state index contributed by atoms with van der Waals surface area (Å²) in [5, 5.41) is 0. The minimum Gasteiger partial charge on any atom is -0.0872 e. The first-order chi connectivity index (χ1) is 6.77. The van der Waals surface area contributed by atoms with Gasteiger partial charge in [0, 0.05) is 0 Å². The standard InChI is InChI=1S/C13H20B/c1-4-5-6-7-12-10-11(2)8-9-13(12)14-3/h8-10H,4-7H2,1-3H3. The van der Waals surface area contributed by atoms with Crippen LogP contribution in [0.2, 0.25) is 6.82 Å². The molecule has 1 heteroatoms. The molecule has 0 amide bonds. The van der Waals surface area contributed by atoms with Crippen molar-refractivity contribution in [2.45, 2.75) is 46.4 Å². The van der Waals surface area contributed by atoms with E-state index >= 15 is 0 Å². The summed E-state index contributed by atoms with van der Waals surface area (Å²) in [5.74, 6) is 0. The van der Waals surface area contributed by atoms with E-state index in [-0.39, 0.29) is 0 Å². The summed E-state index contributed by atoms with van der Waals surface area (Å²) in [6, 6.07) is 6.75. The molecule has 0 unspecified atom stereocenters. The van der Waals surface area contributed by atoms with E-state index in [2.05, 4.69) is 46.1 Å². The van der Waals surface area contributed by atoms with Crippen molar-refractivity contribution in [1.82, 2.24) is 0 Å². The van der Waals surface area contributed by atoms with Gasteiger partial charge in [-0.15, -0.1) is 0 Å². The Morgan fingerprint density at radius 1 is 1.21 bits per heavy atom. The third-order valence-electron chi connectivity index (χ3n) is 2.66. The van der Waals surface area contributed by atoms with Crippen molar-refractivity contribution in [2.75, 3.05) is 0 Å². The van der Waals surface area contributed by atoms with E-state index in [4.69, 9.17) is 0 Å². The van der Waals surface area contributed by atoms with Crippen LogP contribution in [0.15, 0.2) is 18.2 Å². The average molecular weight is 187 g/mol. The molecule has 0 spiro atoms. The fourth-order valence-corrected chi connectivity index (χ4v) is 1.80. The molecule has 0 aliphatic heterocycles. The molecule has 1 aromatic rings. The van der Waals surface area contributed by atoms with Crippen molar-refractivity contribution < 1.29 is 0 Å². The van der Waals surface area contributed by atoms with Crippen molar-refractivity contribution in [3.05, 3.63) is 29.3 Å². The van der Waals surface area contributed by atoms with Crippen LogP contribution in [0.3, 0.4) is 0 Å². The Labute approximate surface area is 89.0 Å². The molecule has 0 saturated heterocycles. The Morgan fingerprint density at radius 2 is 2.00 bits per heavy atom. The summed E-state index contributed by atoms with van der Waals surface area (Å²) in [6.45, 7) is 6.54. The SMILES string of the molecule is C[B]c1ccc(C)cc1CCCCC. The fraction of sp³-hybridized carbons (Fsp3) is 0.538. The molecule has 0 aromatic heterocycles. The first kappa shape index (κ1) is 11.4. The average Bonchev–Trinajstić information content (AvgIpc) is 2.19. The molecule has 0 aliphatic rings. The molecule has 0 aliphatic carbocycles. The molecular formula is C13H20B. The third kappa shape index (κ3) is 3.21. The second-order valence-electron chi connectivity index (χ2n) is 3.95. The summed E-state index contributed by atoms with van der Waals surface area (Å²) in [4.78, 5) is 0. The largest absolute Gasteiger partial charge is 0.148 e. The fourth-order valence-electron chi connectivity index (χ4n) is 1.80. The third-order valence-corrected chi connectivity index (χ3v) is 2.66. The van der Waals surface area contributed by atoms with Crippen molar-refractivity contribution in [3.63, 3.8) is 0 Å². The van der Waals surface area contributed by atoms with Crippen molar-refractivity contribution in [2.24, 2.45) is 0 Å². The summed E-state index contributed by atoms with van der Waals surface area (Å²) in [5.41, 5.74) is 4.30. The summed E-state index contributed by atoms with van der Waals surface area (Å²) in [6.07, 6.45) is 5.20. The molecule has 0 N–H and O–H groups in total. The van der Waals surface area contributed by atoms with Gasteiger partial charge in [0.05, 0.1) is 0 Å². The van der Waals surface area contributed by atoms with Crippen LogP contribution >= 0.6 is 0 Å². The molecule has 75 valence electrons. The lowest BCUT2D eigenvalue weighted by atomic mass is 9.70. The predicted octanol–water partition coefficient (Wildman–Crippen LogP) is 3.11. The minimum atomic E-state index is 1.23. The topological polar surface area (TPSA) is 0 Å². The van der Waals surface area contributed by atoms with Gasteiger partial charge < -0.3 is 0 Å². The highest BCUT2D eigenvalue weighted by atomic mass is 14.0. The molecule has 1 rings (SSSR count). The first-order valence-corrected chi connectivity index (χ1v) is 5.66. The van der Waals surface area contributed by atoms with Crippen molar-refractivity contribution in [1.29, 1.82) is 0 Å². The molecule has 1 radical (unpaired) electrons. The molecule has 0 heterocycles. The molecule has 0 bridgehead atoms. The van der Waals surface area contributed by atoms with Crippen LogP contribution in [0.25, 0.3) is 0 Å². The van der Waals surface area contributed by atoms with Crippen LogP contribution in [0, 0.1) is 6.92 Å². The van der Waals surface area contributed by atoms with Gasteiger partial charge in [0.1, 0.15) is 7.28 Å². The van der Waals surface area contributed by atoms with Crippen LogP contribution in [-0.4, -0.2) is 7.28 Å². The molecule has 0 fully saturated rings. The van der Waals surface area contributed by atoms with Crippen LogP contribution < -0.4 is 5.46 Å². The van der Waals surface area contributed by atoms with Gasteiger partial charge in [0.25, 0.3) is 0 Å². The Bertz CT molecular complexity index is 279. The van der Waals surface area contributed by atoms with E-state index in [1.807, 2.05) is 0 Å². The highest BCUT2D eigenvalue weighted by molar-refractivity contribution is 6.52. The maximum atomic E-state index is 2.32. The zero-order valence-corrected chi connectivity index (χ0v) is 9.64. The second-order valence-corrected chi connectivity index (χ2v) is 3.95. The van der Waals surface area contributed by atoms with E-state index in [0.29, 0.717) is 0 Å². The second kappa shape index (κ2) is 5.90. The minimum absolute atomic E-state index is 1.23.